The van der Waals surface area contributed by atoms with Crippen molar-refractivity contribution in [3.63, 3.8) is 0 Å². The summed E-state index contributed by atoms with van der Waals surface area (Å²) in [6, 6.07) is 3.15. The summed E-state index contributed by atoms with van der Waals surface area (Å²) >= 11 is 0. The lowest BCUT2D eigenvalue weighted by molar-refractivity contribution is -0.137. The van der Waals surface area contributed by atoms with Crippen LogP contribution in [0.3, 0.4) is 0 Å². The molecule has 6 heteroatoms. The minimum absolute atomic E-state index is 0.0541. The first-order chi connectivity index (χ1) is 14.9. The smallest absolute Gasteiger partial charge is 0.227 e. The van der Waals surface area contributed by atoms with Crippen LogP contribution in [0, 0.1) is 30.5 Å². The van der Waals surface area contributed by atoms with Gasteiger partial charge in [-0.3, -0.25) is 14.5 Å². The number of carbonyl (C=O) groups is 2. The van der Waals surface area contributed by atoms with Gasteiger partial charge in [0.15, 0.2) is 0 Å². The highest BCUT2D eigenvalue weighted by atomic mass is 19.1. The van der Waals surface area contributed by atoms with Crippen LogP contribution >= 0.6 is 0 Å². The van der Waals surface area contributed by atoms with Crippen LogP contribution in [0.2, 0.25) is 0 Å². The van der Waals surface area contributed by atoms with Gasteiger partial charge in [0.05, 0.1) is 0 Å². The Labute approximate surface area is 185 Å². The Morgan fingerprint density at radius 3 is 2.39 bits per heavy atom. The molecule has 2 unspecified atom stereocenters. The third-order valence-corrected chi connectivity index (χ3v) is 7.77. The van der Waals surface area contributed by atoms with E-state index in [2.05, 4.69) is 17.1 Å². The highest BCUT2D eigenvalue weighted by Gasteiger charge is 2.31. The van der Waals surface area contributed by atoms with Gasteiger partial charge in [0.1, 0.15) is 5.82 Å². The van der Waals surface area contributed by atoms with Crippen LogP contribution in [-0.2, 0) is 16.1 Å². The molecule has 0 aromatic heterocycles. The quantitative estimate of drug-likeness (QED) is 0.757. The van der Waals surface area contributed by atoms with E-state index in [9.17, 15) is 14.0 Å². The second kappa shape index (κ2) is 9.68. The molecule has 0 radical (unpaired) electrons. The molecule has 1 aromatic carbocycles. The molecule has 4 rings (SSSR count). The number of amides is 2. The van der Waals surface area contributed by atoms with E-state index in [1.807, 2.05) is 11.8 Å². The van der Waals surface area contributed by atoms with E-state index >= 15 is 0 Å². The molecule has 3 fully saturated rings. The number of nitrogens with zero attached hydrogens (tertiary/aromatic N) is 2. The van der Waals surface area contributed by atoms with Crippen LogP contribution in [0.25, 0.3) is 0 Å². The predicted molar refractivity (Wildman–Crippen MR) is 120 cm³/mol. The third-order valence-electron chi connectivity index (χ3n) is 7.77. The van der Waals surface area contributed by atoms with Crippen molar-refractivity contribution in [3.05, 3.63) is 29.1 Å². The molecule has 3 aliphatic rings. The van der Waals surface area contributed by atoms with Crippen LogP contribution in [0.15, 0.2) is 12.1 Å². The first-order valence-electron chi connectivity index (χ1n) is 12.0. The molecule has 5 nitrogen and oxygen atoms in total. The van der Waals surface area contributed by atoms with E-state index in [4.69, 9.17) is 0 Å². The maximum atomic E-state index is 14.7. The Morgan fingerprint density at radius 2 is 1.74 bits per heavy atom. The van der Waals surface area contributed by atoms with Gasteiger partial charge in [0.25, 0.3) is 0 Å². The van der Waals surface area contributed by atoms with Gasteiger partial charge >= 0.3 is 0 Å². The van der Waals surface area contributed by atoms with Crippen molar-refractivity contribution in [1.29, 1.82) is 0 Å². The zero-order chi connectivity index (χ0) is 22.0. The summed E-state index contributed by atoms with van der Waals surface area (Å²) in [5.74, 6) is 0.820. The largest absolute Gasteiger partial charge is 0.340 e. The van der Waals surface area contributed by atoms with Gasteiger partial charge in [-0.15, -0.1) is 0 Å². The van der Waals surface area contributed by atoms with E-state index in [1.165, 1.54) is 18.9 Å². The summed E-state index contributed by atoms with van der Waals surface area (Å²) in [6.45, 7) is 7.48. The number of hydrogen-bond donors (Lipinski definition) is 1. The molecule has 2 amide bonds. The summed E-state index contributed by atoms with van der Waals surface area (Å²) in [6.07, 6.45) is 7.53. The maximum absolute atomic E-state index is 14.7. The van der Waals surface area contributed by atoms with E-state index < -0.39 is 0 Å². The van der Waals surface area contributed by atoms with Crippen molar-refractivity contribution in [1.82, 2.24) is 9.80 Å². The standard InChI is InChI=1S/C25H36FN3O2/c1-17-6-5-9-20(17)24(30)27-23-11-10-22(26)21(18(23)2)16-28-12-14-29(15-13-28)25(31)19-7-3-4-8-19/h10-11,17,19-20H,3-9,12-16H2,1-2H3,(H,27,30). The summed E-state index contributed by atoms with van der Waals surface area (Å²) < 4.78 is 14.7. The summed E-state index contributed by atoms with van der Waals surface area (Å²) in [5.41, 5.74) is 2.17. The number of hydrogen-bond acceptors (Lipinski definition) is 3. The molecule has 2 aliphatic carbocycles. The van der Waals surface area contributed by atoms with Gasteiger partial charge in [-0.05, 0) is 56.2 Å². The van der Waals surface area contributed by atoms with Gasteiger partial charge in [-0.1, -0.05) is 26.2 Å². The van der Waals surface area contributed by atoms with Crippen molar-refractivity contribution in [2.45, 2.75) is 65.3 Å². The van der Waals surface area contributed by atoms with Crippen LogP contribution in [0.1, 0.15) is 63.0 Å². The number of halogens is 1. The normalized spacial score (nSPS) is 25.2. The van der Waals surface area contributed by atoms with Crippen LogP contribution < -0.4 is 5.32 Å². The minimum Gasteiger partial charge on any atom is -0.340 e. The van der Waals surface area contributed by atoms with Gasteiger partial charge in [-0.2, -0.15) is 0 Å². The number of anilines is 1. The lowest BCUT2D eigenvalue weighted by Gasteiger charge is -2.36. The molecular weight excluding hydrogens is 393 g/mol. The van der Waals surface area contributed by atoms with Gasteiger partial charge < -0.3 is 10.2 Å². The monoisotopic (exact) mass is 429 g/mol. The second-order valence-corrected chi connectivity index (χ2v) is 9.79. The average Bonchev–Trinajstić information content (AvgIpc) is 3.45. The Kier molecular flexibility index (Phi) is 6.95. The molecule has 0 spiro atoms. The maximum Gasteiger partial charge on any atom is 0.227 e. The Bertz CT molecular complexity index is 813. The van der Waals surface area contributed by atoms with Crippen molar-refractivity contribution < 1.29 is 14.0 Å². The molecule has 1 heterocycles. The Morgan fingerprint density at radius 1 is 1.03 bits per heavy atom. The zero-order valence-corrected chi connectivity index (χ0v) is 19.0. The minimum atomic E-state index is -0.228. The average molecular weight is 430 g/mol. The SMILES string of the molecule is Cc1c(NC(=O)C2CCCC2C)ccc(F)c1CN1CCN(C(=O)C2CCCC2)CC1. The van der Waals surface area contributed by atoms with E-state index in [-0.39, 0.29) is 23.6 Å². The topological polar surface area (TPSA) is 52.7 Å². The van der Waals surface area contributed by atoms with Gasteiger partial charge in [0, 0.05) is 55.8 Å². The number of nitrogens with one attached hydrogen (secondary N) is 1. The molecule has 2 saturated carbocycles. The van der Waals surface area contributed by atoms with Crippen molar-refractivity contribution in [3.8, 4) is 0 Å². The Balaban J connectivity index is 1.37. The molecule has 1 N–H and O–H groups in total. The third kappa shape index (κ3) is 4.94. The van der Waals surface area contributed by atoms with E-state index in [0.717, 1.165) is 56.4 Å². The first kappa shape index (κ1) is 22.3. The molecule has 1 saturated heterocycles. The molecular formula is C25H36FN3O2. The number of piperazine rings is 1. The molecule has 1 aromatic rings. The summed E-state index contributed by atoms with van der Waals surface area (Å²) in [5, 5.41) is 3.06. The van der Waals surface area contributed by atoms with Gasteiger partial charge in [0.2, 0.25) is 11.8 Å². The lowest BCUT2D eigenvalue weighted by Crippen LogP contribution is -2.49. The summed E-state index contributed by atoms with van der Waals surface area (Å²) in [4.78, 5) is 29.6. The molecule has 0 bridgehead atoms. The zero-order valence-electron chi connectivity index (χ0n) is 19.0. The summed E-state index contributed by atoms with van der Waals surface area (Å²) in [7, 11) is 0. The van der Waals surface area contributed by atoms with Crippen LogP contribution in [-0.4, -0.2) is 47.8 Å². The van der Waals surface area contributed by atoms with Crippen molar-refractivity contribution in [2.75, 3.05) is 31.5 Å². The van der Waals surface area contributed by atoms with Gasteiger partial charge in [-0.25, -0.2) is 4.39 Å². The first-order valence-corrected chi connectivity index (χ1v) is 12.0. The van der Waals surface area contributed by atoms with Crippen molar-refractivity contribution >= 4 is 17.5 Å². The molecule has 31 heavy (non-hydrogen) atoms. The Hall–Kier alpha value is -1.95. The highest BCUT2D eigenvalue weighted by molar-refractivity contribution is 5.93. The van der Waals surface area contributed by atoms with E-state index in [0.29, 0.717) is 37.0 Å². The fourth-order valence-corrected chi connectivity index (χ4v) is 5.59. The molecule has 170 valence electrons. The van der Waals surface area contributed by atoms with Crippen molar-refractivity contribution in [2.24, 2.45) is 17.8 Å². The fourth-order valence-electron chi connectivity index (χ4n) is 5.59. The number of benzene rings is 1. The lowest BCUT2D eigenvalue weighted by atomic mass is 9.96. The second-order valence-electron chi connectivity index (χ2n) is 9.79. The van der Waals surface area contributed by atoms with Crippen LogP contribution in [0.5, 0.6) is 0 Å². The predicted octanol–water partition coefficient (Wildman–Crippen LogP) is 4.34. The number of rotatable bonds is 5. The molecule has 2 atom stereocenters. The highest BCUT2D eigenvalue weighted by Crippen LogP contribution is 2.33. The molecule has 1 aliphatic heterocycles. The number of carbonyl (C=O) groups excluding carboxylic acids is 2. The fraction of sp³-hybridized carbons (Fsp3) is 0.680. The van der Waals surface area contributed by atoms with Crippen LogP contribution in [0.4, 0.5) is 10.1 Å². The van der Waals surface area contributed by atoms with E-state index in [1.54, 1.807) is 6.07 Å².